The highest BCUT2D eigenvalue weighted by molar-refractivity contribution is 5.10. The van der Waals surface area contributed by atoms with Gasteiger partial charge in [0.1, 0.15) is 0 Å². The molecule has 1 aliphatic rings. The third-order valence-electron chi connectivity index (χ3n) is 2.84. The van der Waals surface area contributed by atoms with Gasteiger partial charge in [-0.2, -0.15) is 0 Å². The zero-order valence-corrected chi connectivity index (χ0v) is 8.76. The van der Waals surface area contributed by atoms with Crippen LogP contribution in [0.5, 0.6) is 0 Å². The number of hydrogen-bond donors (Lipinski definition) is 1. The monoisotopic (exact) mass is 182 g/mol. The van der Waals surface area contributed by atoms with Gasteiger partial charge in [-0.15, -0.1) is 0 Å². The number of rotatable bonds is 4. The van der Waals surface area contributed by atoms with Gasteiger partial charge in [-0.3, -0.25) is 0 Å². The molecule has 0 aromatic carbocycles. The molecule has 1 heteroatoms. The van der Waals surface area contributed by atoms with Gasteiger partial charge in [-0.1, -0.05) is 32.3 Å². The van der Waals surface area contributed by atoms with Gasteiger partial charge in [0.2, 0.25) is 0 Å². The van der Waals surface area contributed by atoms with Gasteiger partial charge in [0.25, 0.3) is 0 Å². The average Bonchev–Trinajstić information content (AvgIpc) is 2.15. The van der Waals surface area contributed by atoms with E-state index in [0.29, 0.717) is 0 Å². The summed E-state index contributed by atoms with van der Waals surface area (Å²) in [5, 5.41) is 9.66. The van der Waals surface area contributed by atoms with Crippen molar-refractivity contribution in [2.75, 3.05) is 0 Å². The first kappa shape index (κ1) is 10.8. The summed E-state index contributed by atoms with van der Waals surface area (Å²) >= 11 is 0. The van der Waals surface area contributed by atoms with Crippen molar-refractivity contribution in [2.45, 2.75) is 64.4 Å². The highest BCUT2D eigenvalue weighted by Gasteiger charge is 2.14. The average molecular weight is 182 g/mol. The van der Waals surface area contributed by atoms with E-state index in [1.807, 2.05) is 0 Å². The van der Waals surface area contributed by atoms with Crippen LogP contribution in [0.25, 0.3) is 0 Å². The maximum Gasteiger partial charge on any atom is 0.0750 e. The third kappa shape index (κ3) is 3.95. The van der Waals surface area contributed by atoms with Crippen molar-refractivity contribution in [3.05, 3.63) is 11.6 Å². The third-order valence-corrected chi connectivity index (χ3v) is 2.84. The molecule has 13 heavy (non-hydrogen) atoms. The van der Waals surface area contributed by atoms with E-state index in [2.05, 4.69) is 13.0 Å². The second kappa shape index (κ2) is 6.20. The Labute approximate surface area is 81.9 Å². The zero-order chi connectivity index (χ0) is 9.52. The molecule has 1 unspecified atom stereocenters. The van der Waals surface area contributed by atoms with E-state index >= 15 is 0 Å². The summed E-state index contributed by atoms with van der Waals surface area (Å²) in [6.45, 7) is 2.22. The standard InChI is InChI=1S/C12H22O/c1-2-3-4-5-8-11-9-6-7-10-12(11)13/h8,12-13H,2-7,9-10H2,1H3/b11-8+. The van der Waals surface area contributed by atoms with E-state index < -0.39 is 0 Å². The zero-order valence-electron chi connectivity index (χ0n) is 8.76. The minimum absolute atomic E-state index is 0.115. The van der Waals surface area contributed by atoms with E-state index in [9.17, 15) is 5.11 Å². The Balaban J connectivity index is 2.22. The van der Waals surface area contributed by atoms with E-state index in [1.165, 1.54) is 44.1 Å². The van der Waals surface area contributed by atoms with Crippen LogP contribution in [0, 0.1) is 0 Å². The number of aliphatic hydroxyl groups excluding tert-OH is 1. The normalized spacial score (nSPS) is 26.6. The Hall–Kier alpha value is -0.300. The van der Waals surface area contributed by atoms with E-state index in [1.54, 1.807) is 0 Å². The summed E-state index contributed by atoms with van der Waals surface area (Å²) < 4.78 is 0. The maximum absolute atomic E-state index is 9.66. The molecule has 0 amide bonds. The largest absolute Gasteiger partial charge is 0.389 e. The van der Waals surface area contributed by atoms with Crippen LogP contribution in [-0.4, -0.2) is 11.2 Å². The molecule has 1 fully saturated rings. The van der Waals surface area contributed by atoms with Crippen molar-refractivity contribution < 1.29 is 5.11 Å². The van der Waals surface area contributed by atoms with Crippen LogP contribution in [0.4, 0.5) is 0 Å². The second-order valence-electron chi connectivity index (χ2n) is 4.04. The molecule has 0 heterocycles. The van der Waals surface area contributed by atoms with Crippen LogP contribution in [0.3, 0.4) is 0 Å². The van der Waals surface area contributed by atoms with Crippen molar-refractivity contribution in [1.82, 2.24) is 0 Å². The van der Waals surface area contributed by atoms with E-state index in [0.717, 1.165) is 12.8 Å². The van der Waals surface area contributed by atoms with Crippen LogP contribution in [0.2, 0.25) is 0 Å². The first-order chi connectivity index (χ1) is 6.34. The molecule has 1 atom stereocenters. The molecule has 1 N–H and O–H groups in total. The molecule has 0 aromatic heterocycles. The number of unbranched alkanes of at least 4 members (excludes halogenated alkanes) is 3. The lowest BCUT2D eigenvalue weighted by molar-refractivity contribution is 0.178. The Morgan fingerprint density at radius 2 is 2.23 bits per heavy atom. The molecule has 1 aliphatic carbocycles. The number of aliphatic hydroxyl groups is 1. The maximum atomic E-state index is 9.66. The molecule has 76 valence electrons. The van der Waals surface area contributed by atoms with Gasteiger partial charge >= 0.3 is 0 Å². The summed E-state index contributed by atoms with van der Waals surface area (Å²) in [4.78, 5) is 0. The van der Waals surface area contributed by atoms with Crippen LogP contribution in [0.15, 0.2) is 11.6 Å². The predicted octanol–water partition coefficient (Wildman–Crippen LogP) is 3.43. The van der Waals surface area contributed by atoms with Gasteiger partial charge in [0.15, 0.2) is 0 Å². The summed E-state index contributed by atoms with van der Waals surface area (Å²) in [6.07, 6.45) is 11.8. The van der Waals surface area contributed by atoms with Gasteiger partial charge in [0.05, 0.1) is 6.10 Å². The Morgan fingerprint density at radius 1 is 1.38 bits per heavy atom. The lowest BCUT2D eigenvalue weighted by atomic mass is 9.91. The van der Waals surface area contributed by atoms with Crippen LogP contribution in [-0.2, 0) is 0 Å². The van der Waals surface area contributed by atoms with Crippen LogP contribution in [0.1, 0.15) is 58.3 Å². The lowest BCUT2D eigenvalue weighted by Crippen LogP contribution is -2.14. The fourth-order valence-corrected chi connectivity index (χ4v) is 1.94. The minimum atomic E-state index is -0.115. The molecule has 0 aliphatic heterocycles. The number of hydrogen-bond acceptors (Lipinski definition) is 1. The van der Waals surface area contributed by atoms with E-state index in [-0.39, 0.29) is 6.10 Å². The SMILES string of the molecule is CCCCC/C=C1\CCCCC1O. The molecule has 1 rings (SSSR count). The van der Waals surface area contributed by atoms with Crippen LogP contribution < -0.4 is 0 Å². The summed E-state index contributed by atoms with van der Waals surface area (Å²) in [5.74, 6) is 0. The number of allylic oxidation sites excluding steroid dienone is 1. The van der Waals surface area contributed by atoms with Gasteiger partial charge < -0.3 is 5.11 Å². The quantitative estimate of drug-likeness (QED) is 0.521. The Morgan fingerprint density at radius 3 is 2.92 bits per heavy atom. The van der Waals surface area contributed by atoms with E-state index in [4.69, 9.17) is 0 Å². The fourth-order valence-electron chi connectivity index (χ4n) is 1.94. The molecule has 0 saturated heterocycles. The van der Waals surface area contributed by atoms with Gasteiger partial charge in [-0.25, -0.2) is 0 Å². The predicted molar refractivity (Wildman–Crippen MR) is 56.7 cm³/mol. The van der Waals surface area contributed by atoms with Crippen molar-refractivity contribution >= 4 is 0 Å². The molecule has 1 nitrogen and oxygen atoms in total. The van der Waals surface area contributed by atoms with Crippen molar-refractivity contribution in [2.24, 2.45) is 0 Å². The second-order valence-corrected chi connectivity index (χ2v) is 4.04. The highest BCUT2D eigenvalue weighted by atomic mass is 16.3. The first-order valence-corrected chi connectivity index (χ1v) is 5.71. The summed E-state index contributed by atoms with van der Waals surface area (Å²) in [6, 6.07) is 0. The Kier molecular flexibility index (Phi) is 5.14. The van der Waals surface area contributed by atoms with Crippen molar-refractivity contribution in [3.8, 4) is 0 Å². The lowest BCUT2D eigenvalue weighted by Gasteiger charge is -2.20. The molecule has 1 saturated carbocycles. The van der Waals surface area contributed by atoms with Crippen molar-refractivity contribution in [1.29, 1.82) is 0 Å². The van der Waals surface area contributed by atoms with Crippen LogP contribution >= 0.6 is 0 Å². The molecule has 0 aromatic rings. The molecule has 0 spiro atoms. The minimum Gasteiger partial charge on any atom is -0.389 e. The molecule has 0 bridgehead atoms. The Bertz CT molecular complexity index is 161. The molecular formula is C12H22O. The smallest absolute Gasteiger partial charge is 0.0750 e. The van der Waals surface area contributed by atoms with Gasteiger partial charge in [0, 0.05) is 0 Å². The first-order valence-electron chi connectivity index (χ1n) is 5.71. The van der Waals surface area contributed by atoms with Gasteiger partial charge in [-0.05, 0) is 37.7 Å². The summed E-state index contributed by atoms with van der Waals surface area (Å²) in [7, 11) is 0. The molecule has 0 radical (unpaired) electrons. The molecular weight excluding hydrogens is 160 g/mol. The van der Waals surface area contributed by atoms with Crippen molar-refractivity contribution in [3.63, 3.8) is 0 Å². The summed E-state index contributed by atoms with van der Waals surface area (Å²) in [5.41, 5.74) is 1.31. The fraction of sp³-hybridized carbons (Fsp3) is 0.833. The topological polar surface area (TPSA) is 20.2 Å². The highest BCUT2D eigenvalue weighted by Crippen LogP contribution is 2.24.